The van der Waals surface area contributed by atoms with Crippen LogP contribution in [-0.4, -0.2) is 65.4 Å². The van der Waals surface area contributed by atoms with Crippen LogP contribution in [0.1, 0.15) is 77.7 Å². The Labute approximate surface area is 257 Å². The van der Waals surface area contributed by atoms with Crippen LogP contribution in [0.4, 0.5) is 0 Å². The lowest BCUT2D eigenvalue weighted by Gasteiger charge is -2.59. The summed E-state index contributed by atoms with van der Waals surface area (Å²) in [5.74, 6) is -2.86. The summed E-state index contributed by atoms with van der Waals surface area (Å²) in [5.41, 5.74) is 0.0582. The fourth-order valence-corrected chi connectivity index (χ4v) is 7.29. The third-order valence-electron chi connectivity index (χ3n) is 9.72. The van der Waals surface area contributed by atoms with Gasteiger partial charge in [-0.1, -0.05) is 44.2 Å². The largest absolute Gasteiger partial charge is 0.480 e. The first-order chi connectivity index (χ1) is 21.0. The minimum absolute atomic E-state index is 0.0208. The van der Waals surface area contributed by atoms with E-state index in [2.05, 4.69) is 17.6 Å². The van der Waals surface area contributed by atoms with Gasteiger partial charge in [0.15, 0.2) is 11.9 Å². The van der Waals surface area contributed by atoms with E-state index >= 15 is 0 Å². The number of hydrogen-bond acceptors (Lipinski definition) is 9. The average Bonchev–Trinajstić information content (AvgIpc) is 3.22. The van der Waals surface area contributed by atoms with Gasteiger partial charge in [-0.3, -0.25) is 14.4 Å². The number of aliphatic carboxylic acids is 1. The molecule has 5 aliphatic rings. The fourth-order valence-electron chi connectivity index (χ4n) is 7.29. The van der Waals surface area contributed by atoms with Crippen molar-refractivity contribution in [2.24, 2.45) is 23.7 Å². The molecular weight excluding hydrogens is 572 g/mol. The predicted octanol–water partition coefficient (Wildman–Crippen LogP) is 3.23. The number of benzene rings is 1. The van der Waals surface area contributed by atoms with Gasteiger partial charge in [-0.15, -0.1) is 0 Å². The third kappa shape index (κ3) is 6.93. The van der Waals surface area contributed by atoms with E-state index in [0.717, 1.165) is 24.8 Å². The average molecular weight is 617 g/mol. The molecule has 3 N–H and O–H groups in total. The summed E-state index contributed by atoms with van der Waals surface area (Å²) in [6.07, 6.45) is 2.29. The molecule has 242 valence electrons. The Morgan fingerprint density at radius 2 is 1.77 bits per heavy atom. The highest BCUT2D eigenvalue weighted by Gasteiger charge is 2.69. The second-order valence-corrected chi connectivity index (χ2v) is 12.9. The Hall–Kier alpha value is -3.06. The van der Waals surface area contributed by atoms with Crippen LogP contribution in [0.2, 0.25) is 0 Å². The van der Waals surface area contributed by atoms with Gasteiger partial charge in [0, 0.05) is 44.1 Å². The molecule has 0 unspecified atom stereocenters. The van der Waals surface area contributed by atoms with E-state index in [-0.39, 0.29) is 55.9 Å². The van der Waals surface area contributed by atoms with Crippen molar-refractivity contribution >= 4 is 23.8 Å². The molecule has 1 aromatic rings. The van der Waals surface area contributed by atoms with Crippen LogP contribution in [0.25, 0.3) is 0 Å². The van der Waals surface area contributed by atoms with Crippen LogP contribution in [0.15, 0.2) is 30.3 Å². The number of carbonyl (C=O) groups excluding carboxylic acids is 3. The molecule has 12 nitrogen and oxygen atoms in total. The predicted molar refractivity (Wildman–Crippen MR) is 154 cm³/mol. The number of rotatable bonds is 12. The molecule has 4 heterocycles. The number of fused-ring (bicyclic) bond motifs is 2. The maximum Gasteiger partial charge on any atom is 0.326 e. The van der Waals surface area contributed by atoms with E-state index in [1.807, 2.05) is 32.0 Å². The molecular formula is C32H44N2O10. The van der Waals surface area contributed by atoms with Gasteiger partial charge in [-0.25, -0.2) is 14.6 Å². The van der Waals surface area contributed by atoms with Gasteiger partial charge in [0.1, 0.15) is 6.04 Å². The van der Waals surface area contributed by atoms with E-state index < -0.39 is 47.9 Å². The third-order valence-corrected chi connectivity index (χ3v) is 9.72. The van der Waals surface area contributed by atoms with E-state index in [4.69, 9.17) is 24.0 Å². The zero-order valence-corrected chi connectivity index (χ0v) is 25.6. The summed E-state index contributed by atoms with van der Waals surface area (Å²) in [4.78, 5) is 60.9. The highest BCUT2D eigenvalue weighted by Crippen LogP contribution is 2.60. The van der Waals surface area contributed by atoms with E-state index in [0.29, 0.717) is 18.8 Å². The Balaban J connectivity index is 1.03. The molecule has 1 aromatic carbocycles. The fraction of sp³-hybridized carbons (Fsp3) is 0.688. The molecule has 2 amide bonds. The Kier molecular flexibility index (Phi) is 9.93. The van der Waals surface area contributed by atoms with Gasteiger partial charge in [0.2, 0.25) is 23.9 Å². The van der Waals surface area contributed by atoms with Crippen LogP contribution in [-0.2, 0) is 49.6 Å². The van der Waals surface area contributed by atoms with Crippen molar-refractivity contribution in [2.75, 3.05) is 6.54 Å². The van der Waals surface area contributed by atoms with Crippen LogP contribution in [0.3, 0.4) is 0 Å². The minimum Gasteiger partial charge on any atom is -0.480 e. The summed E-state index contributed by atoms with van der Waals surface area (Å²) in [7, 11) is 0. The van der Waals surface area contributed by atoms with Gasteiger partial charge < -0.3 is 30.0 Å². The molecule has 0 aromatic heterocycles. The molecule has 4 aliphatic heterocycles. The van der Waals surface area contributed by atoms with Crippen molar-refractivity contribution in [2.45, 2.75) is 109 Å². The van der Waals surface area contributed by atoms with Crippen molar-refractivity contribution in [1.29, 1.82) is 0 Å². The molecule has 9 atom stereocenters. The zero-order valence-electron chi connectivity index (χ0n) is 25.6. The maximum atomic E-state index is 12.8. The van der Waals surface area contributed by atoms with Gasteiger partial charge >= 0.3 is 11.9 Å². The molecule has 44 heavy (non-hydrogen) atoms. The normalized spacial score (nSPS) is 34.6. The minimum atomic E-state index is -1.11. The second kappa shape index (κ2) is 13.5. The molecule has 12 heteroatoms. The molecule has 5 fully saturated rings. The van der Waals surface area contributed by atoms with Crippen molar-refractivity contribution < 1.29 is 48.3 Å². The van der Waals surface area contributed by atoms with Crippen LogP contribution in [0, 0.1) is 23.7 Å². The lowest BCUT2D eigenvalue weighted by atomic mass is 9.58. The number of carboxylic acid groups (broad SMARTS) is 1. The van der Waals surface area contributed by atoms with Gasteiger partial charge in [-0.2, -0.15) is 0 Å². The van der Waals surface area contributed by atoms with Gasteiger partial charge in [-0.05, 0) is 50.0 Å². The molecule has 1 spiro atoms. The van der Waals surface area contributed by atoms with Gasteiger partial charge in [0.25, 0.3) is 0 Å². The summed E-state index contributed by atoms with van der Waals surface area (Å²) >= 11 is 0. The first-order valence-electron chi connectivity index (χ1n) is 15.7. The Bertz CT molecular complexity index is 1210. The summed E-state index contributed by atoms with van der Waals surface area (Å²) in [6, 6.07) is 8.02. The molecule has 1 saturated carbocycles. The second-order valence-electron chi connectivity index (χ2n) is 12.9. The highest BCUT2D eigenvalue weighted by molar-refractivity contribution is 5.84. The number of ether oxygens (including phenoxy) is 3. The van der Waals surface area contributed by atoms with Crippen LogP contribution < -0.4 is 10.6 Å². The number of carbonyl (C=O) groups is 4. The summed E-state index contributed by atoms with van der Waals surface area (Å²) < 4.78 is 18.3. The van der Waals surface area contributed by atoms with Crippen LogP contribution >= 0.6 is 0 Å². The van der Waals surface area contributed by atoms with E-state index in [1.165, 1.54) is 0 Å². The smallest absolute Gasteiger partial charge is 0.326 e. The van der Waals surface area contributed by atoms with Crippen molar-refractivity contribution in [1.82, 2.24) is 10.6 Å². The van der Waals surface area contributed by atoms with Crippen molar-refractivity contribution in [3.05, 3.63) is 35.9 Å². The van der Waals surface area contributed by atoms with Crippen molar-refractivity contribution in [3.63, 3.8) is 0 Å². The quantitative estimate of drug-likeness (QED) is 0.181. The van der Waals surface area contributed by atoms with Gasteiger partial charge in [0.05, 0.1) is 6.42 Å². The first kappa shape index (κ1) is 32.3. The SMILES string of the molecule is C[C@@H]1[C@H](OC(=O)CCC(=O)NCCCC(=O)N[C@H](Cc2ccccc2)C(=O)O)O[C@H]2O[C@@]3(C)CC[C@H]4[C@H](C)CC[C@H]1[C@@]24OO3. The lowest BCUT2D eigenvalue weighted by molar-refractivity contribution is -0.576. The van der Waals surface area contributed by atoms with E-state index in [9.17, 15) is 24.3 Å². The lowest BCUT2D eigenvalue weighted by Crippen LogP contribution is -2.70. The standard InChI is InChI=1S/C32H44N2O10/c1-19-11-12-23-20(2)29(41-30-32(23)22(19)15-16-31(3,42-30)43-44-32)40-27(37)14-13-25(35)33-17-7-10-26(36)34-24(28(38)39)18-21-8-5-4-6-9-21/h4-6,8-9,19-20,22-24,29-30H,7,10-18H2,1-3H3,(H,33,35)(H,34,36)(H,38,39)/t19-,20+,22+,23-,24-,29-,30+,31-,32-/m1/s1. The number of amides is 2. The molecule has 6 rings (SSSR count). The summed E-state index contributed by atoms with van der Waals surface area (Å²) in [6.45, 7) is 6.27. The van der Waals surface area contributed by atoms with Crippen LogP contribution in [0.5, 0.6) is 0 Å². The summed E-state index contributed by atoms with van der Waals surface area (Å²) in [5, 5.41) is 14.7. The Morgan fingerprint density at radius 3 is 2.52 bits per heavy atom. The number of hydrogen-bond donors (Lipinski definition) is 3. The maximum absolute atomic E-state index is 12.8. The zero-order chi connectivity index (χ0) is 31.5. The Morgan fingerprint density at radius 1 is 1.00 bits per heavy atom. The first-order valence-corrected chi connectivity index (χ1v) is 15.7. The highest BCUT2D eigenvalue weighted by atomic mass is 17.3. The van der Waals surface area contributed by atoms with E-state index in [1.54, 1.807) is 12.1 Å². The number of carboxylic acids is 1. The molecule has 1 aliphatic carbocycles. The van der Waals surface area contributed by atoms with Crippen molar-refractivity contribution in [3.8, 4) is 0 Å². The number of esters is 1. The molecule has 4 saturated heterocycles. The molecule has 2 bridgehead atoms. The monoisotopic (exact) mass is 616 g/mol. The topological polar surface area (TPSA) is 159 Å². The molecule has 0 radical (unpaired) electrons. The number of nitrogens with one attached hydrogen (secondary N) is 2.